The van der Waals surface area contributed by atoms with E-state index in [1.54, 1.807) is 11.1 Å². The first-order valence-electron chi connectivity index (χ1n) is 8.92. The highest BCUT2D eigenvalue weighted by atomic mass is 16.2. The molecule has 1 atom stereocenters. The van der Waals surface area contributed by atoms with Crippen molar-refractivity contribution >= 4 is 22.6 Å². The van der Waals surface area contributed by atoms with Crippen LogP contribution in [-0.4, -0.2) is 37.7 Å². The van der Waals surface area contributed by atoms with Crippen LogP contribution >= 0.6 is 0 Å². The fraction of sp³-hybridized carbons (Fsp3) is 0.300. The number of H-pyrrole nitrogens is 1. The molecule has 1 amide bonds. The second-order valence-corrected chi connectivity index (χ2v) is 6.87. The van der Waals surface area contributed by atoms with Crippen molar-refractivity contribution in [3.63, 3.8) is 0 Å². The van der Waals surface area contributed by atoms with E-state index in [0.717, 1.165) is 10.9 Å². The number of hydrogen-bond donors (Lipinski definition) is 1. The smallest absolute Gasteiger partial charge is 0.254 e. The van der Waals surface area contributed by atoms with Gasteiger partial charge >= 0.3 is 0 Å². The Labute approximate surface area is 155 Å². The Morgan fingerprint density at radius 1 is 1.26 bits per heavy atom. The van der Waals surface area contributed by atoms with E-state index >= 15 is 0 Å². The summed E-state index contributed by atoms with van der Waals surface area (Å²) in [4.78, 5) is 45.5. The van der Waals surface area contributed by atoms with E-state index in [1.165, 1.54) is 13.3 Å². The van der Waals surface area contributed by atoms with E-state index in [9.17, 15) is 14.4 Å². The van der Waals surface area contributed by atoms with Crippen molar-refractivity contribution < 1.29 is 9.59 Å². The van der Waals surface area contributed by atoms with Crippen LogP contribution < -0.4 is 5.56 Å². The van der Waals surface area contributed by atoms with Crippen LogP contribution in [0.4, 0.5) is 0 Å². The lowest BCUT2D eigenvalue weighted by atomic mass is 10.1. The van der Waals surface area contributed by atoms with Gasteiger partial charge in [0.1, 0.15) is 6.04 Å². The summed E-state index contributed by atoms with van der Waals surface area (Å²) in [5.74, 6) is -0.0847. The maximum absolute atomic E-state index is 13.1. The number of Topliss-reactive ketones (excluding diaryl/α,β-unsaturated/α-hetero) is 1. The molecule has 138 valence electrons. The Bertz CT molecular complexity index is 1110. The summed E-state index contributed by atoms with van der Waals surface area (Å²) in [7, 11) is 0. The molecule has 1 N–H and O–H groups in total. The summed E-state index contributed by atoms with van der Waals surface area (Å²) in [5, 5.41) is 0.849. The van der Waals surface area contributed by atoms with Gasteiger partial charge in [-0.05, 0) is 26.3 Å². The molecule has 0 aliphatic carbocycles. The molecule has 0 saturated carbocycles. The van der Waals surface area contributed by atoms with Gasteiger partial charge in [0.25, 0.3) is 5.56 Å². The molecule has 0 spiro atoms. The van der Waals surface area contributed by atoms with Gasteiger partial charge in [0.15, 0.2) is 5.78 Å². The number of rotatable bonds is 3. The number of para-hydroxylation sites is 1. The van der Waals surface area contributed by atoms with Gasteiger partial charge < -0.3 is 14.5 Å². The van der Waals surface area contributed by atoms with Crippen molar-refractivity contribution in [3.05, 3.63) is 64.0 Å². The number of ketones is 1. The van der Waals surface area contributed by atoms with Gasteiger partial charge in [0.05, 0.1) is 18.6 Å². The largest absolute Gasteiger partial charge is 0.335 e. The number of nitrogens with zero attached hydrogens (tertiary/aromatic N) is 3. The molecule has 0 radical (unpaired) electrons. The van der Waals surface area contributed by atoms with E-state index in [1.807, 2.05) is 35.8 Å². The third-order valence-corrected chi connectivity index (χ3v) is 5.22. The summed E-state index contributed by atoms with van der Waals surface area (Å²) in [5.41, 5.74) is 2.63. The Morgan fingerprint density at radius 3 is 2.81 bits per heavy atom. The lowest BCUT2D eigenvalue weighted by molar-refractivity contribution is -0.135. The normalized spacial score (nSPS) is 14.8. The van der Waals surface area contributed by atoms with Crippen LogP contribution in [0, 0.1) is 0 Å². The average molecular weight is 364 g/mol. The summed E-state index contributed by atoms with van der Waals surface area (Å²) in [6.07, 6.45) is 3.62. The number of amides is 1. The molecule has 7 nitrogen and oxygen atoms in total. The van der Waals surface area contributed by atoms with Crippen LogP contribution in [0.25, 0.3) is 10.9 Å². The first-order chi connectivity index (χ1) is 13.0. The Morgan fingerprint density at radius 2 is 2.04 bits per heavy atom. The van der Waals surface area contributed by atoms with Crippen LogP contribution in [0.2, 0.25) is 0 Å². The molecule has 1 aliphatic heterocycles. The number of hydrogen-bond acceptors (Lipinski definition) is 4. The summed E-state index contributed by atoms with van der Waals surface area (Å²) < 4.78 is 1.86. The first-order valence-corrected chi connectivity index (χ1v) is 8.92. The molecule has 0 fully saturated rings. The second-order valence-electron chi connectivity index (χ2n) is 6.87. The molecule has 3 heterocycles. The van der Waals surface area contributed by atoms with Gasteiger partial charge in [-0.15, -0.1) is 0 Å². The number of aromatic nitrogens is 3. The summed E-state index contributed by atoms with van der Waals surface area (Å²) >= 11 is 0. The van der Waals surface area contributed by atoms with Crippen LogP contribution in [-0.2, 0) is 17.8 Å². The Kier molecular flexibility index (Phi) is 4.14. The maximum Gasteiger partial charge on any atom is 0.254 e. The van der Waals surface area contributed by atoms with Crippen LogP contribution in [0.15, 0.2) is 41.6 Å². The zero-order valence-electron chi connectivity index (χ0n) is 15.2. The number of aromatic amines is 1. The zero-order chi connectivity index (χ0) is 19.1. The first kappa shape index (κ1) is 17.2. The van der Waals surface area contributed by atoms with E-state index in [2.05, 4.69) is 9.97 Å². The number of nitrogens with one attached hydrogen (secondary N) is 1. The fourth-order valence-corrected chi connectivity index (χ4v) is 3.74. The van der Waals surface area contributed by atoms with Gasteiger partial charge in [-0.1, -0.05) is 18.2 Å². The lowest BCUT2D eigenvalue weighted by Crippen LogP contribution is -2.41. The molecule has 7 heteroatoms. The van der Waals surface area contributed by atoms with Gasteiger partial charge in [-0.25, -0.2) is 4.98 Å². The van der Waals surface area contributed by atoms with Gasteiger partial charge in [-0.2, -0.15) is 0 Å². The molecule has 27 heavy (non-hydrogen) atoms. The van der Waals surface area contributed by atoms with Crippen molar-refractivity contribution in [3.8, 4) is 0 Å². The van der Waals surface area contributed by atoms with Crippen LogP contribution in [0.5, 0.6) is 0 Å². The molecule has 0 bridgehead atoms. The molecule has 2 aromatic heterocycles. The van der Waals surface area contributed by atoms with Gasteiger partial charge in [-0.3, -0.25) is 14.4 Å². The van der Waals surface area contributed by atoms with E-state index in [0.29, 0.717) is 36.3 Å². The van der Waals surface area contributed by atoms with Gasteiger partial charge in [0, 0.05) is 34.8 Å². The minimum Gasteiger partial charge on any atom is -0.335 e. The number of fused-ring (bicyclic) bond motifs is 2. The molecule has 1 aromatic carbocycles. The highest BCUT2D eigenvalue weighted by molar-refractivity contribution is 6.07. The van der Waals surface area contributed by atoms with E-state index in [4.69, 9.17) is 0 Å². The SMILES string of the molecule is CC(=O)c1cn([C@H](C)C(=O)N2CCc3c(nc[nH]c3=O)C2)c2ccccc12. The quantitative estimate of drug-likeness (QED) is 0.721. The van der Waals surface area contributed by atoms with Crippen molar-refractivity contribution in [1.29, 1.82) is 0 Å². The predicted octanol–water partition coefficient (Wildman–Crippen LogP) is 2.07. The number of carbonyl (C=O) groups excluding carboxylic acids is 2. The van der Waals surface area contributed by atoms with Crippen LogP contribution in [0.3, 0.4) is 0 Å². The number of carbonyl (C=O) groups is 2. The Balaban J connectivity index is 1.67. The monoisotopic (exact) mass is 364 g/mol. The summed E-state index contributed by atoms with van der Waals surface area (Å²) in [6, 6.07) is 7.13. The molecular weight excluding hydrogens is 344 g/mol. The maximum atomic E-state index is 13.1. The molecule has 3 aromatic rings. The van der Waals surface area contributed by atoms with E-state index < -0.39 is 6.04 Å². The zero-order valence-corrected chi connectivity index (χ0v) is 15.2. The minimum atomic E-state index is -0.466. The highest BCUT2D eigenvalue weighted by Gasteiger charge is 2.28. The van der Waals surface area contributed by atoms with E-state index in [-0.39, 0.29) is 17.2 Å². The predicted molar refractivity (Wildman–Crippen MR) is 101 cm³/mol. The summed E-state index contributed by atoms with van der Waals surface area (Å²) in [6.45, 7) is 4.16. The third kappa shape index (κ3) is 2.85. The topological polar surface area (TPSA) is 88.1 Å². The number of benzene rings is 1. The molecule has 0 saturated heterocycles. The Hall–Kier alpha value is -3.22. The molecule has 1 aliphatic rings. The van der Waals surface area contributed by atoms with Crippen molar-refractivity contribution in [1.82, 2.24) is 19.4 Å². The molecule has 4 rings (SSSR count). The standard InChI is InChI=1S/C20H20N4O3/c1-12(24-9-16(13(2)25)14-5-3-4-6-18(14)24)20(27)23-8-7-15-17(10-23)21-11-22-19(15)26/h3-6,9,11-12H,7-8,10H2,1-2H3,(H,21,22,26)/t12-/m1/s1. The fourth-order valence-electron chi connectivity index (χ4n) is 3.74. The average Bonchev–Trinajstić information content (AvgIpc) is 3.07. The lowest BCUT2D eigenvalue weighted by Gasteiger charge is -2.30. The molecule has 0 unspecified atom stereocenters. The minimum absolute atomic E-state index is 0.0278. The van der Waals surface area contributed by atoms with Gasteiger partial charge in [0.2, 0.25) is 5.91 Å². The molecular formula is C20H20N4O3. The van der Waals surface area contributed by atoms with Crippen molar-refractivity contribution in [2.24, 2.45) is 0 Å². The highest BCUT2D eigenvalue weighted by Crippen LogP contribution is 2.27. The van der Waals surface area contributed by atoms with Crippen LogP contribution in [0.1, 0.15) is 41.5 Å². The third-order valence-electron chi connectivity index (χ3n) is 5.22. The van der Waals surface area contributed by atoms with Crippen molar-refractivity contribution in [2.45, 2.75) is 32.9 Å². The van der Waals surface area contributed by atoms with Crippen molar-refractivity contribution in [2.75, 3.05) is 6.54 Å². The second kappa shape index (κ2) is 6.50.